The van der Waals surface area contributed by atoms with Gasteiger partial charge in [0.2, 0.25) is 0 Å². The first-order valence-corrected chi connectivity index (χ1v) is 10.7. The maximum Gasteiger partial charge on any atom is 0.196 e. The molecule has 0 spiro atoms. The summed E-state index contributed by atoms with van der Waals surface area (Å²) in [5.74, 6) is 2.29. The van der Waals surface area contributed by atoms with Crippen LogP contribution in [0.25, 0.3) is 0 Å². The molecule has 0 saturated heterocycles. The minimum atomic E-state index is -0.198. The lowest BCUT2D eigenvalue weighted by atomic mass is 9.80. The molecule has 150 valence electrons. The van der Waals surface area contributed by atoms with Gasteiger partial charge in [-0.15, -0.1) is 0 Å². The molecule has 3 unspecified atom stereocenters. The van der Waals surface area contributed by atoms with E-state index in [1.807, 2.05) is 6.92 Å². The maximum absolute atomic E-state index is 5.94. The third kappa shape index (κ3) is 9.07. The van der Waals surface area contributed by atoms with Crippen LogP contribution >= 0.6 is 0 Å². The highest BCUT2D eigenvalue weighted by Gasteiger charge is 2.19. The fourth-order valence-corrected chi connectivity index (χ4v) is 3.64. The van der Waals surface area contributed by atoms with Crippen molar-refractivity contribution in [2.45, 2.75) is 99.2 Å². The Bertz CT molecular complexity index is 472. The standard InChI is InChI=1S/C24H42O2/c1-8-11-20(9-2)16-17-25-19(4)26-23-14-12-22(13-15-23)21(10-3)18-24(5,6)7/h12-15,19-21H,8-11,16-18H2,1-7H3. The van der Waals surface area contributed by atoms with Gasteiger partial charge >= 0.3 is 0 Å². The molecule has 0 heterocycles. The molecule has 0 aliphatic heterocycles. The molecule has 0 aliphatic rings. The molecule has 1 aromatic carbocycles. The zero-order valence-corrected chi connectivity index (χ0v) is 18.3. The van der Waals surface area contributed by atoms with E-state index in [1.165, 1.54) is 37.7 Å². The molecule has 0 radical (unpaired) electrons. The maximum atomic E-state index is 5.94. The van der Waals surface area contributed by atoms with Crippen molar-refractivity contribution < 1.29 is 9.47 Å². The van der Waals surface area contributed by atoms with Crippen LogP contribution in [-0.4, -0.2) is 12.9 Å². The van der Waals surface area contributed by atoms with Crippen molar-refractivity contribution in [3.05, 3.63) is 29.8 Å². The zero-order chi connectivity index (χ0) is 19.6. The van der Waals surface area contributed by atoms with Crippen LogP contribution in [0.15, 0.2) is 24.3 Å². The van der Waals surface area contributed by atoms with Crippen molar-refractivity contribution in [1.82, 2.24) is 0 Å². The van der Waals surface area contributed by atoms with Crippen molar-refractivity contribution in [2.24, 2.45) is 11.3 Å². The monoisotopic (exact) mass is 362 g/mol. The molecule has 1 aromatic rings. The van der Waals surface area contributed by atoms with Gasteiger partial charge in [-0.05, 0) is 61.1 Å². The van der Waals surface area contributed by atoms with Crippen LogP contribution < -0.4 is 4.74 Å². The van der Waals surface area contributed by atoms with Crippen molar-refractivity contribution in [3.63, 3.8) is 0 Å². The molecule has 0 fully saturated rings. The molecule has 0 aliphatic carbocycles. The molecule has 0 saturated carbocycles. The highest BCUT2D eigenvalue weighted by Crippen LogP contribution is 2.34. The Morgan fingerprint density at radius 2 is 1.58 bits per heavy atom. The van der Waals surface area contributed by atoms with Gasteiger partial charge in [0.1, 0.15) is 5.75 Å². The van der Waals surface area contributed by atoms with Crippen molar-refractivity contribution in [3.8, 4) is 5.75 Å². The van der Waals surface area contributed by atoms with Crippen LogP contribution in [0, 0.1) is 11.3 Å². The van der Waals surface area contributed by atoms with Gasteiger partial charge in [-0.25, -0.2) is 0 Å². The molecular weight excluding hydrogens is 320 g/mol. The third-order valence-electron chi connectivity index (χ3n) is 5.16. The first-order chi connectivity index (χ1) is 12.3. The summed E-state index contributed by atoms with van der Waals surface area (Å²) in [6.45, 7) is 16.5. The molecule has 0 N–H and O–H groups in total. The van der Waals surface area contributed by atoms with E-state index in [2.05, 4.69) is 65.8 Å². The van der Waals surface area contributed by atoms with E-state index >= 15 is 0 Å². The minimum absolute atomic E-state index is 0.198. The van der Waals surface area contributed by atoms with Crippen molar-refractivity contribution in [2.75, 3.05) is 6.61 Å². The second-order valence-corrected chi connectivity index (χ2v) is 8.85. The molecule has 0 amide bonds. The number of ether oxygens (including phenoxy) is 2. The molecule has 2 nitrogen and oxygen atoms in total. The number of benzene rings is 1. The van der Waals surface area contributed by atoms with Gasteiger partial charge in [0.25, 0.3) is 0 Å². The van der Waals surface area contributed by atoms with E-state index in [1.54, 1.807) is 0 Å². The summed E-state index contributed by atoms with van der Waals surface area (Å²) in [5.41, 5.74) is 1.76. The largest absolute Gasteiger partial charge is 0.465 e. The second kappa shape index (κ2) is 11.6. The van der Waals surface area contributed by atoms with Crippen molar-refractivity contribution >= 4 is 0 Å². The fourth-order valence-electron chi connectivity index (χ4n) is 3.64. The summed E-state index contributed by atoms with van der Waals surface area (Å²) in [7, 11) is 0. The van der Waals surface area contributed by atoms with Crippen LogP contribution in [0.1, 0.15) is 98.5 Å². The number of rotatable bonds is 12. The topological polar surface area (TPSA) is 18.5 Å². The van der Waals surface area contributed by atoms with E-state index in [9.17, 15) is 0 Å². The highest BCUT2D eigenvalue weighted by atomic mass is 16.7. The lowest BCUT2D eigenvalue weighted by Crippen LogP contribution is -2.18. The van der Waals surface area contributed by atoms with E-state index in [0.29, 0.717) is 11.3 Å². The van der Waals surface area contributed by atoms with E-state index < -0.39 is 0 Å². The van der Waals surface area contributed by atoms with Gasteiger partial charge in [-0.3, -0.25) is 0 Å². The molecule has 0 aromatic heterocycles. The van der Waals surface area contributed by atoms with E-state index in [4.69, 9.17) is 9.47 Å². The molecule has 1 rings (SSSR count). The lowest BCUT2D eigenvalue weighted by molar-refractivity contribution is -0.0706. The summed E-state index contributed by atoms with van der Waals surface area (Å²) < 4.78 is 11.8. The highest BCUT2D eigenvalue weighted by molar-refractivity contribution is 5.29. The molecule has 0 bridgehead atoms. The first kappa shape index (κ1) is 23.0. The SMILES string of the molecule is CCCC(CC)CCOC(C)Oc1ccc(C(CC)CC(C)(C)C)cc1. The quantitative estimate of drug-likeness (QED) is 0.357. The third-order valence-corrected chi connectivity index (χ3v) is 5.16. The van der Waals surface area contributed by atoms with Gasteiger partial charge in [0, 0.05) is 0 Å². The lowest BCUT2D eigenvalue weighted by Gasteiger charge is -2.25. The van der Waals surface area contributed by atoms with Gasteiger partial charge in [0.05, 0.1) is 6.61 Å². The summed E-state index contributed by atoms with van der Waals surface area (Å²) in [5, 5.41) is 0. The van der Waals surface area contributed by atoms with Crippen LogP contribution in [0.5, 0.6) is 5.75 Å². The van der Waals surface area contributed by atoms with Crippen LogP contribution in [0.3, 0.4) is 0 Å². The Balaban J connectivity index is 2.48. The molecule has 2 heteroatoms. The fraction of sp³-hybridized carbons (Fsp3) is 0.750. The summed E-state index contributed by atoms with van der Waals surface area (Å²) >= 11 is 0. The van der Waals surface area contributed by atoms with Gasteiger partial charge in [0.15, 0.2) is 6.29 Å². The van der Waals surface area contributed by atoms with Crippen LogP contribution in [0.2, 0.25) is 0 Å². The van der Waals surface area contributed by atoms with Crippen LogP contribution in [0.4, 0.5) is 0 Å². The number of hydrogen-bond donors (Lipinski definition) is 0. The average molecular weight is 363 g/mol. The normalized spacial score (nSPS) is 15.5. The Labute approximate surface area is 162 Å². The summed E-state index contributed by atoms with van der Waals surface area (Å²) in [4.78, 5) is 0. The second-order valence-electron chi connectivity index (χ2n) is 8.85. The van der Waals surface area contributed by atoms with E-state index in [-0.39, 0.29) is 6.29 Å². The summed E-state index contributed by atoms with van der Waals surface area (Å²) in [6.07, 6.45) is 7.10. The van der Waals surface area contributed by atoms with Gasteiger partial charge in [-0.1, -0.05) is 72.9 Å². The summed E-state index contributed by atoms with van der Waals surface area (Å²) in [6, 6.07) is 8.62. The van der Waals surface area contributed by atoms with Gasteiger partial charge < -0.3 is 9.47 Å². The van der Waals surface area contributed by atoms with Crippen LogP contribution in [-0.2, 0) is 4.74 Å². The van der Waals surface area contributed by atoms with Gasteiger partial charge in [-0.2, -0.15) is 0 Å². The predicted octanol–water partition coefficient (Wildman–Crippen LogP) is 7.57. The van der Waals surface area contributed by atoms with Crippen molar-refractivity contribution in [1.29, 1.82) is 0 Å². The Hall–Kier alpha value is -1.02. The Morgan fingerprint density at radius 1 is 0.923 bits per heavy atom. The Kier molecular flexibility index (Phi) is 10.3. The first-order valence-electron chi connectivity index (χ1n) is 10.7. The average Bonchev–Trinajstić information content (AvgIpc) is 2.59. The smallest absolute Gasteiger partial charge is 0.196 e. The molecule has 3 atom stereocenters. The predicted molar refractivity (Wildman–Crippen MR) is 113 cm³/mol. The molecule has 26 heavy (non-hydrogen) atoms. The molecular formula is C24H42O2. The Morgan fingerprint density at radius 3 is 2.08 bits per heavy atom. The number of hydrogen-bond acceptors (Lipinski definition) is 2. The minimum Gasteiger partial charge on any atom is -0.465 e. The zero-order valence-electron chi connectivity index (χ0n) is 18.3. The van der Waals surface area contributed by atoms with E-state index in [0.717, 1.165) is 24.7 Å².